The maximum absolute atomic E-state index is 10.5. The second-order valence-electron chi connectivity index (χ2n) is 3.90. The normalized spacial score (nSPS) is 15.4. The van der Waals surface area contributed by atoms with Gasteiger partial charge in [0.05, 0.1) is 0 Å². The molecule has 0 aliphatic carbocycles. The van der Waals surface area contributed by atoms with Gasteiger partial charge in [-0.1, -0.05) is 20.8 Å². The van der Waals surface area contributed by atoms with Crippen molar-refractivity contribution >= 4 is 6.29 Å². The number of aldehydes is 1. The quantitative estimate of drug-likeness (QED) is 0.361. The molecule has 0 saturated heterocycles. The molecular weight excluding hydrogens is 170 g/mol. The molecule has 0 rings (SSSR count). The molecule has 0 fully saturated rings. The summed E-state index contributed by atoms with van der Waals surface area (Å²) in [6.07, 6.45) is 1.54. The topological polar surface area (TPSA) is 60.2 Å². The number of nitrogens with zero attached hydrogens (tertiary/aromatic N) is 1. The van der Waals surface area contributed by atoms with E-state index in [0.29, 0.717) is 5.92 Å². The fraction of sp³-hybridized carbons (Fsp3) is 0.889. The van der Waals surface area contributed by atoms with E-state index in [1.165, 1.54) is 0 Å². The molecule has 0 spiro atoms. The maximum atomic E-state index is 10.5. The minimum atomic E-state index is -0.340. The first-order chi connectivity index (χ1) is 5.97. The minimum absolute atomic E-state index is 0.0991. The molecule has 0 amide bonds. The van der Waals surface area contributed by atoms with Crippen LogP contribution in [-0.2, 0) is 4.79 Å². The molecule has 0 aromatic carbocycles. The highest BCUT2D eigenvalue weighted by Gasteiger charge is 2.22. The van der Waals surface area contributed by atoms with Crippen LogP contribution in [0.25, 0.3) is 0 Å². The molecule has 0 saturated carbocycles. The molecule has 0 radical (unpaired) electrons. The third kappa shape index (κ3) is 5.33. The van der Waals surface area contributed by atoms with Crippen molar-refractivity contribution in [1.82, 2.24) is 0 Å². The Labute approximate surface area is 78.5 Å². The van der Waals surface area contributed by atoms with Gasteiger partial charge in [0.25, 0.3) is 0 Å². The maximum Gasteiger partial charge on any atom is 0.207 e. The molecule has 2 atom stereocenters. The predicted molar refractivity (Wildman–Crippen MR) is 50.0 cm³/mol. The summed E-state index contributed by atoms with van der Waals surface area (Å²) in [6, 6.07) is 0. The van der Waals surface area contributed by atoms with Gasteiger partial charge in [-0.05, 0) is 12.3 Å². The summed E-state index contributed by atoms with van der Waals surface area (Å²) in [5.41, 5.74) is 0. The molecule has 0 N–H and O–H groups in total. The third-order valence-electron chi connectivity index (χ3n) is 2.12. The van der Waals surface area contributed by atoms with Crippen LogP contribution in [-0.4, -0.2) is 17.8 Å². The lowest BCUT2D eigenvalue weighted by atomic mass is 9.87. The Morgan fingerprint density at radius 1 is 1.38 bits per heavy atom. The van der Waals surface area contributed by atoms with Crippen LogP contribution in [0.3, 0.4) is 0 Å². The van der Waals surface area contributed by atoms with Crippen molar-refractivity contribution < 1.29 is 9.72 Å². The SMILES string of the molecule is CC(C)C[C@H](C[N+](=O)[O-])[C@H](C)C=O. The van der Waals surface area contributed by atoms with Crippen molar-refractivity contribution in [2.24, 2.45) is 17.8 Å². The molecule has 0 aromatic rings. The van der Waals surface area contributed by atoms with Crippen LogP contribution in [0.15, 0.2) is 0 Å². The highest BCUT2D eigenvalue weighted by molar-refractivity contribution is 5.53. The van der Waals surface area contributed by atoms with Crippen LogP contribution in [0, 0.1) is 27.9 Å². The lowest BCUT2D eigenvalue weighted by molar-refractivity contribution is -0.489. The van der Waals surface area contributed by atoms with Crippen molar-refractivity contribution in [1.29, 1.82) is 0 Å². The highest BCUT2D eigenvalue weighted by atomic mass is 16.6. The Morgan fingerprint density at radius 3 is 2.23 bits per heavy atom. The van der Waals surface area contributed by atoms with Gasteiger partial charge in [-0.15, -0.1) is 0 Å². The van der Waals surface area contributed by atoms with Gasteiger partial charge >= 0.3 is 0 Å². The second-order valence-corrected chi connectivity index (χ2v) is 3.90. The smallest absolute Gasteiger partial charge is 0.207 e. The first kappa shape index (κ1) is 12.1. The monoisotopic (exact) mass is 187 g/mol. The largest absolute Gasteiger partial charge is 0.303 e. The van der Waals surface area contributed by atoms with Gasteiger partial charge in [0.15, 0.2) is 0 Å². The van der Waals surface area contributed by atoms with Crippen molar-refractivity contribution in [2.75, 3.05) is 6.54 Å². The standard InChI is InChI=1S/C9H17NO3/c1-7(2)4-9(5-10(12)13)8(3)6-11/h6-9H,4-5H2,1-3H3/t8-,9-/m1/s1. The summed E-state index contributed by atoms with van der Waals surface area (Å²) < 4.78 is 0. The van der Waals surface area contributed by atoms with Crippen molar-refractivity contribution in [3.63, 3.8) is 0 Å². The van der Waals surface area contributed by atoms with E-state index in [-0.39, 0.29) is 23.3 Å². The van der Waals surface area contributed by atoms with E-state index in [2.05, 4.69) is 0 Å². The van der Waals surface area contributed by atoms with Gasteiger partial charge in [-0.3, -0.25) is 10.1 Å². The van der Waals surface area contributed by atoms with E-state index in [1.807, 2.05) is 13.8 Å². The van der Waals surface area contributed by atoms with E-state index in [9.17, 15) is 14.9 Å². The predicted octanol–water partition coefficient (Wildman–Crippen LogP) is 1.76. The summed E-state index contributed by atoms with van der Waals surface area (Å²) in [6.45, 7) is 5.65. The van der Waals surface area contributed by atoms with E-state index < -0.39 is 0 Å². The zero-order valence-electron chi connectivity index (χ0n) is 8.40. The Balaban J connectivity index is 4.17. The van der Waals surface area contributed by atoms with Gasteiger partial charge < -0.3 is 4.79 Å². The molecule has 0 heterocycles. The zero-order valence-corrected chi connectivity index (χ0v) is 8.40. The number of carbonyl (C=O) groups is 1. The molecule has 13 heavy (non-hydrogen) atoms. The summed E-state index contributed by atoms with van der Waals surface area (Å²) in [7, 11) is 0. The molecule has 4 nitrogen and oxygen atoms in total. The van der Waals surface area contributed by atoms with Gasteiger partial charge in [0.1, 0.15) is 6.29 Å². The lowest BCUT2D eigenvalue weighted by Crippen LogP contribution is -2.23. The molecule has 4 heteroatoms. The average Bonchev–Trinajstić information content (AvgIpc) is 2.00. The van der Waals surface area contributed by atoms with Crippen LogP contribution in [0.5, 0.6) is 0 Å². The molecular formula is C9H17NO3. The number of nitro groups is 1. The second kappa shape index (κ2) is 5.67. The van der Waals surface area contributed by atoms with Gasteiger partial charge in [0.2, 0.25) is 6.54 Å². The van der Waals surface area contributed by atoms with E-state index >= 15 is 0 Å². The first-order valence-corrected chi connectivity index (χ1v) is 4.54. The number of rotatable bonds is 6. The third-order valence-corrected chi connectivity index (χ3v) is 2.12. The molecule has 0 bridgehead atoms. The highest BCUT2D eigenvalue weighted by Crippen LogP contribution is 2.19. The molecule has 76 valence electrons. The van der Waals surface area contributed by atoms with Crippen molar-refractivity contribution in [2.45, 2.75) is 27.2 Å². The number of carbonyl (C=O) groups excluding carboxylic acids is 1. The van der Waals surface area contributed by atoms with Gasteiger partial charge in [-0.25, -0.2) is 0 Å². The molecule has 0 aromatic heterocycles. The Hall–Kier alpha value is -0.930. The van der Waals surface area contributed by atoms with Crippen LogP contribution in [0.4, 0.5) is 0 Å². The number of hydrogen-bond acceptors (Lipinski definition) is 3. The summed E-state index contributed by atoms with van der Waals surface area (Å²) >= 11 is 0. The Morgan fingerprint density at radius 2 is 1.92 bits per heavy atom. The van der Waals surface area contributed by atoms with E-state index in [1.54, 1.807) is 6.92 Å². The van der Waals surface area contributed by atoms with Crippen molar-refractivity contribution in [3.05, 3.63) is 10.1 Å². The summed E-state index contributed by atoms with van der Waals surface area (Å²) in [4.78, 5) is 20.4. The summed E-state index contributed by atoms with van der Waals surface area (Å²) in [5, 5.41) is 10.3. The van der Waals surface area contributed by atoms with Crippen LogP contribution >= 0.6 is 0 Å². The van der Waals surface area contributed by atoms with E-state index in [0.717, 1.165) is 12.7 Å². The molecule has 0 aliphatic heterocycles. The zero-order chi connectivity index (χ0) is 10.4. The fourth-order valence-corrected chi connectivity index (χ4v) is 1.36. The van der Waals surface area contributed by atoms with Crippen LogP contribution < -0.4 is 0 Å². The van der Waals surface area contributed by atoms with E-state index in [4.69, 9.17) is 0 Å². The lowest BCUT2D eigenvalue weighted by Gasteiger charge is -2.17. The Bertz CT molecular complexity index is 180. The minimum Gasteiger partial charge on any atom is -0.303 e. The first-order valence-electron chi connectivity index (χ1n) is 4.54. The Kier molecular flexibility index (Phi) is 5.26. The molecule has 0 aliphatic rings. The van der Waals surface area contributed by atoms with Gasteiger partial charge in [0, 0.05) is 16.8 Å². The molecule has 0 unspecified atom stereocenters. The van der Waals surface area contributed by atoms with Crippen LogP contribution in [0.1, 0.15) is 27.2 Å². The number of hydrogen-bond donors (Lipinski definition) is 0. The average molecular weight is 187 g/mol. The summed E-state index contributed by atoms with van der Waals surface area (Å²) in [5.74, 6) is 0.0626. The van der Waals surface area contributed by atoms with Gasteiger partial charge in [-0.2, -0.15) is 0 Å². The van der Waals surface area contributed by atoms with Crippen molar-refractivity contribution in [3.8, 4) is 0 Å². The van der Waals surface area contributed by atoms with Crippen LogP contribution in [0.2, 0.25) is 0 Å². The fourth-order valence-electron chi connectivity index (χ4n) is 1.36.